The largest absolute Gasteiger partial charge is 0.461 e. The normalized spacial score (nSPS) is 13.7. The molecule has 0 N–H and O–H groups in total. The first kappa shape index (κ1) is 16.1. The van der Waals surface area contributed by atoms with E-state index in [0.29, 0.717) is 12.1 Å². The average molecular weight is 279 g/mol. The number of hydrogen-bond donors (Lipinski definition) is 0. The van der Waals surface area contributed by atoms with E-state index in [0.717, 1.165) is 0 Å². The number of ketones is 1. The molecule has 0 radical (unpaired) electrons. The molecule has 5 nitrogen and oxygen atoms in total. The molecule has 0 aromatic carbocycles. The number of aromatic nitrogens is 1. The van der Waals surface area contributed by atoms with Crippen molar-refractivity contribution in [3.63, 3.8) is 0 Å². The second-order valence-electron chi connectivity index (χ2n) is 4.95. The maximum absolute atomic E-state index is 12.3. The lowest BCUT2D eigenvalue weighted by Crippen LogP contribution is -2.34. The van der Waals surface area contributed by atoms with Crippen molar-refractivity contribution in [3.8, 4) is 0 Å². The van der Waals surface area contributed by atoms with Crippen LogP contribution in [0.1, 0.15) is 56.2 Å². The number of rotatable bonds is 5. The van der Waals surface area contributed by atoms with E-state index >= 15 is 0 Å². The van der Waals surface area contributed by atoms with Gasteiger partial charge in [-0.25, -0.2) is 4.79 Å². The van der Waals surface area contributed by atoms with Gasteiger partial charge in [0.2, 0.25) is 0 Å². The van der Waals surface area contributed by atoms with Crippen LogP contribution in [0.4, 0.5) is 0 Å². The molecule has 2 unspecified atom stereocenters. The van der Waals surface area contributed by atoms with E-state index in [1.807, 2.05) is 6.92 Å². The number of Topliss-reactive ketones (excluding diaryl/α,β-unsaturated/α-hetero) is 1. The zero-order valence-electron chi connectivity index (χ0n) is 12.6. The Bertz CT molecular complexity index is 574. The molecule has 110 valence electrons. The Hall–Kier alpha value is -1.91. The average Bonchev–Trinajstić information content (AvgIpc) is 2.37. The smallest absolute Gasteiger partial charge is 0.329 e. The Balaban J connectivity index is 3.19. The van der Waals surface area contributed by atoms with E-state index in [-0.39, 0.29) is 17.5 Å². The summed E-state index contributed by atoms with van der Waals surface area (Å²) >= 11 is 0. The van der Waals surface area contributed by atoms with Crippen molar-refractivity contribution in [3.05, 3.63) is 33.7 Å². The zero-order chi connectivity index (χ0) is 15.4. The summed E-state index contributed by atoms with van der Waals surface area (Å²) in [4.78, 5) is 35.7. The fraction of sp³-hybridized carbons (Fsp3) is 0.533. The van der Waals surface area contributed by atoms with Crippen molar-refractivity contribution < 1.29 is 14.3 Å². The summed E-state index contributed by atoms with van der Waals surface area (Å²) < 4.78 is 6.55. The fourth-order valence-corrected chi connectivity index (χ4v) is 1.88. The van der Waals surface area contributed by atoms with Crippen LogP contribution in [0.2, 0.25) is 0 Å². The van der Waals surface area contributed by atoms with Crippen LogP contribution in [0.15, 0.2) is 16.9 Å². The van der Waals surface area contributed by atoms with Crippen molar-refractivity contribution in [2.24, 2.45) is 0 Å². The molecule has 0 aliphatic rings. The molecule has 0 spiro atoms. The molecule has 1 heterocycles. The first-order valence-electron chi connectivity index (χ1n) is 6.73. The van der Waals surface area contributed by atoms with Gasteiger partial charge in [-0.05, 0) is 46.2 Å². The van der Waals surface area contributed by atoms with E-state index in [9.17, 15) is 14.4 Å². The van der Waals surface area contributed by atoms with Crippen molar-refractivity contribution in [2.75, 3.05) is 0 Å². The Morgan fingerprint density at radius 3 is 2.40 bits per heavy atom. The number of nitrogens with zero attached hydrogens (tertiary/aromatic N) is 1. The molecule has 5 heteroatoms. The van der Waals surface area contributed by atoms with Gasteiger partial charge in [0.1, 0.15) is 6.04 Å². The monoisotopic (exact) mass is 279 g/mol. The number of carbonyl (C=O) groups excluding carboxylic acids is 2. The topological polar surface area (TPSA) is 65.4 Å². The maximum atomic E-state index is 12.3. The van der Waals surface area contributed by atoms with Gasteiger partial charge in [-0.2, -0.15) is 0 Å². The summed E-state index contributed by atoms with van der Waals surface area (Å²) in [6, 6.07) is 2.39. The van der Waals surface area contributed by atoms with Crippen LogP contribution in [-0.4, -0.2) is 22.4 Å². The third kappa shape index (κ3) is 3.35. The molecule has 0 saturated heterocycles. The Labute approximate surface area is 118 Å². The van der Waals surface area contributed by atoms with Gasteiger partial charge in [0.25, 0.3) is 5.56 Å². The highest BCUT2D eigenvalue weighted by molar-refractivity contribution is 5.93. The van der Waals surface area contributed by atoms with Gasteiger partial charge in [0.15, 0.2) is 5.78 Å². The second kappa shape index (κ2) is 6.50. The number of esters is 1. The van der Waals surface area contributed by atoms with E-state index in [2.05, 4.69) is 0 Å². The Morgan fingerprint density at radius 1 is 1.30 bits per heavy atom. The van der Waals surface area contributed by atoms with Crippen LogP contribution in [0.25, 0.3) is 0 Å². The molecule has 0 bridgehead atoms. The summed E-state index contributed by atoms with van der Waals surface area (Å²) in [6.07, 6.45) is 0.511. The second-order valence-corrected chi connectivity index (χ2v) is 4.95. The van der Waals surface area contributed by atoms with Crippen molar-refractivity contribution in [1.29, 1.82) is 0 Å². The van der Waals surface area contributed by atoms with E-state index in [1.165, 1.54) is 17.6 Å². The molecule has 1 aromatic heterocycles. The van der Waals surface area contributed by atoms with Gasteiger partial charge in [0, 0.05) is 5.69 Å². The number of ether oxygens (including phenoxy) is 1. The fourth-order valence-electron chi connectivity index (χ4n) is 1.88. The third-order valence-electron chi connectivity index (χ3n) is 3.32. The number of aryl methyl sites for hydroxylation is 1. The highest BCUT2D eigenvalue weighted by Crippen LogP contribution is 2.12. The predicted molar refractivity (Wildman–Crippen MR) is 76.0 cm³/mol. The molecule has 0 aliphatic carbocycles. The molecule has 0 amide bonds. The molecule has 1 aromatic rings. The molecule has 0 saturated carbocycles. The van der Waals surface area contributed by atoms with Crippen LogP contribution in [0.3, 0.4) is 0 Å². The van der Waals surface area contributed by atoms with Gasteiger partial charge in [-0.3, -0.25) is 14.2 Å². The molecule has 1 rings (SSSR count). The molecular weight excluding hydrogens is 258 g/mol. The van der Waals surface area contributed by atoms with Gasteiger partial charge in [0.05, 0.1) is 11.7 Å². The molecule has 0 aliphatic heterocycles. The minimum Gasteiger partial charge on any atom is -0.461 e. The van der Waals surface area contributed by atoms with Crippen molar-refractivity contribution >= 4 is 11.8 Å². The number of pyridine rings is 1. The SMILES string of the molecule is CCC(C)OC(=O)C(C)n1c(C)ccc(C(C)=O)c1=O. The molecular formula is C15H21NO4. The lowest BCUT2D eigenvalue weighted by Gasteiger charge is -2.20. The highest BCUT2D eigenvalue weighted by Gasteiger charge is 2.22. The number of hydrogen-bond acceptors (Lipinski definition) is 4. The van der Waals surface area contributed by atoms with Gasteiger partial charge in [-0.1, -0.05) is 6.92 Å². The summed E-state index contributed by atoms with van der Waals surface area (Å²) in [7, 11) is 0. The Morgan fingerprint density at radius 2 is 1.90 bits per heavy atom. The maximum Gasteiger partial charge on any atom is 0.329 e. The van der Waals surface area contributed by atoms with Crippen LogP contribution < -0.4 is 5.56 Å². The van der Waals surface area contributed by atoms with Gasteiger partial charge in [-0.15, -0.1) is 0 Å². The predicted octanol–water partition coefficient (Wildman–Crippen LogP) is 2.26. The summed E-state index contributed by atoms with van der Waals surface area (Å²) in [5.74, 6) is -0.781. The lowest BCUT2D eigenvalue weighted by molar-refractivity contribution is -0.152. The van der Waals surface area contributed by atoms with Gasteiger partial charge < -0.3 is 4.74 Å². The van der Waals surface area contributed by atoms with Gasteiger partial charge >= 0.3 is 5.97 Å². The van der Waals surface area contributed by atoms with Crippen LogP contribution in [0, 0.1) is 6.92 Å². The minimum absolute atomic E-state index is 0.0822. The Kier molecular flexibility index (Phi) is 5.25. The first-order chi connectivity index (χ1) is 9.29. The quantitative estimate of drug-likeness (QED) is 0.612. The molecule has 0 fully saturated rings. The number of carbonyl (C=O) groups is 2. The molecule has 20 heavy (non-hydrogen) atoms. The summed E-state index contributed by atoms with van der Waals surface area (Å²) in [6.45, 7) is 8.36. The van der Waals surface area contributed by atoms with Crippen molar-refractivity contribution in [1.82, 2.24) is 4.57 Å². The summed E-state index contributed by atoms with van der Waals surface area (Å²) in [5, 5.41) is 0. The summed E-state index contributed by atoms with van der Waals surface area (Å²) in [5.41, 5.74) is 0.249. The van der Waals surface area contributed by atoms with E-state index < -0.39 is 17.6 Å². The van der Waals surface area contributed by atoms with Crippen LogP contribution >= 0.6 is 0 Å². The standard InChI is InChI=1S/C15H21NO4/c1-6-10(3)20-15(19)11(4)16-9(2)7-8-13(12(5)17)14(16)18/h7-8,10-11H,6H2,1-5H3. The van der Waals surface area contributed by atoms with E-state index in [4.69, 9.17) is 4.74 Å². The molecule has 2 atom stereocenters. The lowest BCUT2D eigenvalue weighted by atomic mass is 10.1. The zero-order valence-corrected chi connectivity index (χ0v) is 12.6. The minimum atomic E-state index is -0.754. The first-order valence-corrected chi connectivity index (χ1v) is 6.73. The van der Waals surface area contributed by atoms with E-state index in [1.54, 1.807) is 26.8 Å². The van der Waals surface area contributed by atoms with Crippen molar-refractivity contribution in [2.45, 2.75) is 53.2 Å². The van der Waals surface area contributed by atoms with Crippen LogP contribution in [-0.2, 0) is 9.53 Å². The van der Waals surface area contributed by atoms with Crippen LogP contribution in [0.5, 0.6) is 0 Å². The highest BCUT2D eigenvalue weighted by atomic mass is 16.5. The third-order valence-corrected chi connectivity index (χ3v) is 3.32.